The highest BCUT2D eigenvalue weighted by Gasteiger charge is 2.25. The number of aryl methyl sites for hydroxylation is 1. The third-order valence-electron chi connectivity index (χ3n) is 4.26. The van der Waals surface area contributed by atoms with Crippen LogP contribution in [0.1, 0.15) is 49.6 Å². The summed E-state index contributed by atoms with van der Waals surface area (Å²) in [5.74, 6) is 0.891. The molecule has 1 aromatic rings. The van der Waals surface area contributed by atoms with Crippen molar-refractivity contribution in [3.05, 3.63) is 10.6 Å². The highest BCUT2D eigenvalue weighted by molar-refractivity contribution is 7.15. The molecule has 1 aliphatic heterocycles. The van der Waals surface area contributed by atoms with Crippen molar-refractivity contribution in [2.45, 2.75) is 58.5 Å². The molecule has 1 saturated carbocycles. The largest absolute Gasteiger partial charge is 0.348 e. The fourth-order valence-corrected chi connectivity index (χ4v) is 3.93. The Labute approximate surface area is 120 Å². The van der Waals surface area contributed by atoms with Crippen LogP contribution < -0.4 is 10.2 Å². The Kier molecular flexibility index (Phi) is 4.08. The maximum atomic E-state index is 4.79. The lowest BCUT2D eigenvalue weighted by atomic mass is 10.0. The summed E-state index contributed by atoms with van der Waals surface area (Å²) >= 11 is 1.90. The van der Waals surface area contributed by atoms with E-state index in [1.165, 1.54) is 60.9 Å². The molecule has 106 valence electrons. The number of aromatic nitrogens is 1. The smallest absolute Gasteiger partial charge is 0.185 e. The molecule has 1 N–H and O–H groups in total. The first-order valence-electron chi connectivity index (χ1n) is 7.71. The molecule has 2 fully saturated rings. The molecule has 2 aliphatic rings. The molecule has 1 unspecified atom stereocenters. The van der Waals surface area contributed by atoms with Gasteiger partial charge in [0, 0.05) is 30.6 Å². The topological polar surface area (TPSA) is 28.2 Å². The van der Waals surface area contributed by atoms with Crippen LogP contribution >= 0.6 is 11.3 Å². The van der Waals surface area contributed by atoms with Gasteiger partial charge in [0.2, 0.25) is 0 Å². The van der Waals surface area contributed by atoms with Crippen LogP contribution in [0, 0.1) is 12.8 Å². The zero-order valence-electron chi connectivity index (χ0n) is 12.1. The van der Waals surface area contributed by atoms with Gasteiger partial charge >= 0.3 is 0 Å². The van der Waals surface area contributed by atoms with Crippen LogP contribution in [0.15, 0.2) is 0 Å². The molecule has 0 aromatic carbocycles. The molecular formula is C15H25N3S. The molecule has 1 aromatic heterocycles. The highest BCUT2D eigenvalue weighted by atomic mass is 32.1. The summed E-state index contributed by atoms with van der Waals surface area (Å²) in [4.78, 5) is 8.72. The Morgan fingerprint density at radius 1 is 1.37 bits per heavy atom. The van der Waals surface area contributed by atoms with E-state index in [2.05, 4.69) is 24.1 Å². The predicted molar refractivity (Wildman–Crippen MR) is 81.9 cm³/mol. The molecule has 19 heavy (non-hydrogen) atoms. The number of thiazole rings is 1. The van der Waals surface area contributed by atoms with E-state index in [0.717, 1.165) is 18.5 Å². The van der Waals surface area contributed by atoms with Crippen molar-refractivity contribution in [3.63, 3.8) is 0 Å². The number of nitrogens with zero attached hydrogens (tertiary/aromatic N) is 2. The van der Waals surface area contributed by atoms with Crippen molar-refractivity contribution in [2.75, 3.05) is 18.0 Å². The monoisotopic (exact) mass is 279 g/mol. The highest BCUT2D eigenvalue weighted by Crippen LogP contribution is 2.32. The molecule has 3 rings (SSSR count). The van der Waals surface area contributed by atoms with Crippen molar-refractivity contribution in [2.24, 2.45) is 5.92 Å². The molecule has 0 amide bonds. The number of hydrogen-bond donors (Lipinski definition) is 1. The second-order valence-electron chi connectivity index (χ2n) is 6.05. The van der Waals surface area contributed by atoms with Crippen LogP contribution in [-0.2, 0) is 6.54 Å². The Morgan fingerprint density at radius 2 is 2.21 bits per heavy atom. The van der Waals surface area contributed by atoms with E-state index in [4.69, 9.17) is 4.98 Å². The average molecular weight is 279 g/mol. The van der Waals surface area contributed by atoms with Crippen LogP contribution in [-0.4, -0.2) is 24.1 Å². The minimum atomic E-state index is 0.783. The van der Waals surface area contributed by atoms with Crippen molar-refractivity contribution in [3.8, 4) is 0 Å². The summed E-state index contributed by atoms with van der Waals surface area (Å²) < 4.78 is 0. The van der Waals surface area contributed by atoms with E-state index in [-0.39, 0.29) is 0 Å². The molecule has 1 atom stereocenters. The van der Waals surface area contributed by atoms with Gasteiger partial charge in [0.1, 0.15) is 0 Å². The lowest BCUT2D eigenvalue weighted by Gasteiger charge is -2.14. The molecule has 1 saturated heterocycles. The molecular weight excluding hydrogens is 254 g/mol. The standard InChI is InChI=1S/C15H25N3S/c1-3-4-12-7-8-18(10-12)15-17-11(2)14(19-15)9-16-13-5-6-13/h12-13,16H,3-10H2,1-2H3. The Morgan fingerprint density at radius 3 is 2.95 bits per heavy atom. The van der Waals surface area contributed by atoms with Crippen LogP contribution in [0.25, 0.3) is 0 Å². The van der Waals surface area contributed by atoms with Crippen LogP contribution in [0.3, 0.4) is 0 Å². The normalized spacial score (nSPS) is 23.3. The quantitative estimate of drug-likeness (QED) is 0.866. The van der Waals surface area contributed by atoms with E-state index >= 15 is 0 Å². The molecule has 2 heterocycles. The van der Waals surface area contributed by atoms with Crippen molar-refractivity contribution < 1.29 is 0 Å². The van der Waals surface area contributed by atoms with E-state index in [0.29, 0.717) is 0 Å². The van der Waals surface area contributed by atoms with Crippen molar-refractivity contribution in [1.82, 2.24) is 10.3 Å². The number of anilines is 1. The summed E-state index contributed by atoms with van der Waals surface area (Å²) in [7, 11) is 0. The zero-order valence-corrected chi connectivity index (χ0v) is 12.9. The number of hydrogen-bond acceptors (Lipinski definition) is 4. The third-order valence-corrected chi connectivity index (χ3v) is 5.48. The minimum Gasteiger partial charge on any atom is -0.348 e. The van der Waals surface area contributed by atoms with Crippen LogP contribution in [0.5, 0.6) is 0 Å². The second kappa shape index (κ2) is 5.80. The van der Waals surface area contributed by atoms with Gasteiger partial charge in [-0.2, -0.15) is 0 Å². The first-order chi connectivity index (χ1) is 9.26. The van der Waals surface area contributed by atoms with Crippen molar-refractivity contribution >= 4 is 16.5 Å². The third kappa shape index (κ3) is 3.29. The first-order valence-corrected chi connectivity index (χ1v) is 8.52. The van der Waals surface area contributed by atoms with Crippen LogP contribution in [0.2, 0.25) is 0 Å². The Hall–Kier alpha value is -0.610. The second-order valence-corrected chi connectivity index (χ2v) is 7.11. The van der Waals surface area contributed by atoms with Crippen molar-refractivity contribution in [1.29, 1.82) is 0 Å². The maximum absolute atomic E-state index is 4.79. The number of nitrogens with one attached hydrogen (secondary N) is 1. The summed E-state index contributed by atoms with van der Waals surface area (Å²) in [5.41, 5.74) is 1.23. The lowest BCUT2D eigenvalue weighted by molar-refractivity contribution is 0.530. The SMILES string of the molecule is CCCC1CCN(c2nc(C)c(CNC3CC3)s2)C1. The molecule has 4 heteroatoms. The zero-order chi connectivity index (χ0) is 13.2. The van der Waals surface area contributed by atoms with Gasteiger partial charge in [-0.3, -0.25) is 0 Å². The van der Waals surface area contributed by atoms with Gasteiger partial charge in [-0.25, -0.2) is 4.98 Å². The van der Waals surface area contributed by atoms with Gasteiger partial charge in [-0.05, 0) is 38.5 Å². The summed E-state index contributed by atoms with van der Waals surface area (Å²) in [5, 5.41) is 4.85. The Balaban J connectivity index is 1.59. The lowest BCUT2D eigenvalue weighted by Crippen LogP contribution is -2.19. The summed E-state index contributed by atoms with van der Waals surface area (Å²) in [6.07, 6.45) is 6.75. The van der Waals surface area contributed by atoms with Gasteiger partial charge in [0.15, 0.2) is 5.13 Å². The molecule has 0 bridgehead atoms. The summed E-state index contributed by atoms with van der Waals surface area (Å²) in [6.45, 7) is 7.88. The van der Waals surface area contributed by atoms with E-state index in [1.54, 1.807) is 0 Å². The fraction of sp³-hybridized carbons (Fsp3) is 0.800. The van der Waals surface area contributed by atoms with E-state index in [1.807, 2.05) is 11.3 Å². The fourth-order valence-electron chi connectivity index (χ4n) is 2.89. The van der Waals surface area contributed by atoms with Gasteiger partial charge in [0.25, 0.3) is 0 Å². The van der Waals surface area contributed by atoms with Crippen LogP contribution in [0.4, 0.5) is 5.13 Å². The number of rotatable bonds is 6. The summed E-state index contributed by atoms with van der Waals surface area (Å²) in [6, 6.07) is 0.783. The molecule has 3 nitrogen and oxygen atoms in total. The van der Waals surface area contributed by atoms with Gasteiger partial charge < -0.3 is 10.2 Å². The molecule has 1 aliphatic carbocycles. The molecule has 0 spiro atoms. The average Bonchev–Trinajstić information content (AvgIpc) is 2.98. The van der Waals surface area contributed by atoms with Gasteiger partial charge in [-0.15, -0.1) is 11.3 Å². The predicted octanol–water partition coefficient (Wildman–Crippen LogP) is 3.33. The Bertz CT molecular complexity index is 425. The van der Waals surface area contributed by atoms with E-state index in [9.17, 15) is 0 Å². The molecule has 0 radical (unpaired) electrons. The van der Waals surface area contributed by atoms with Gasteiger partial charge in [-0.1, -0.05) is 13.3 Å². The van der Waals surface area contributed by atoms with Gasteiger partial charge in [0.05, 0.1) is 5.69 Å². The van der Waals surface area contributed by atoms with E-state index < -0.39 is 0 Å². The first kappa shape index (κ1) is 13.4. The minimum absolute atomic E-state index is 0.783. The maximum Gasteiger partial charge on any atom is 0.185 e.